The van der Waals surface area contributed by atoms with Crippen molar-refractivity contribution < 1.29 is 4.79 Å². The molecule has 5 nitrogen and oxygen atoms in total. The summed E-state index contributed by atoms with van der Waals surface area (Å²) in [5.41, 5.74) is 7.77. The Morgan fingerprint density at radius 2 is 2.25 bits per heavy atom. The molecule has 0 aromatic carbocycles. The molecule has 0 fully saturated rings. The number of aryl methyl sites for hydroxylation is 1. The number of halogens is 1. The van der Waals surface area contributed by atoms with E-state index in [0.717, 1.165) is 15.1 Å². The molecule has 0 radical (unpaired) electrons. The first kappa shape index (κ1) is 14.8. The number of nitrogens with two attached hydrogens (primary N) is 1. The Kier molecular flexibility index (Phi) is 4.64. The predicted octanol–water partition coefficient (Wildman–Crippen LogP) is 2.07. The van der Waals surface area contributed by atoms with Crippen molar-refractivity contribution in [3.05, 3.63) is 45.6 Å². The van der Waals surface area contributed by atoms with E-state index >= 15 is 0 Å². The van der Waals surface area contributed by atoms with Crippen LogP contribution in [0.25, 0.3) is 0 Å². The molecule has 20 heavy (non-hydrogen) atoms. The van der Waals surface area contributed by atoms with Crippen LogP contribution in [0.1, 0.15) is 16.1 Å². The minimum atomic E-state index is -1.18. The third-order valence-corrected chi connectivity index (χ3v) is 5.84. The summed E-state index contributed by atoms with van der Waals surface area (Å²) < 4.78 is 3.13. The number of nitrogens with one attached hydrogen (secondary N) is 1. The van der Waals surface area contributed by atoms with E-state index in [0.29, 0.717) is 12.1 Å². The monoisotopic (exact) mass is 386 g/mol. The van der Waals surface area contributed by atoms with Gasteiger partial charge in [-0.15, -0.1) is 0 Å². The van der Waals surface area contributed by atoms with Gasteiger partial charge in [-0.3, -0.25) is 0 Å². The van der Waals surface area contributed by atoms with E-state index < -0.39 is 25.7 Å². The van der Waals surface area contributed by atoms with Crippen LogP contribution >= 0.6 is 19.8 Å². The number of aromatic nitrogens is 2. The Morgan fingerprint density at radius 3 is 2.80 bits per heavy atom. The first-order chi connectivity index (χ1) is 9.49. The van der Waals surface area contributed by atoms with Gasteiger partial charge in [0.1, 0.15) is 0 Å². The number of primary amides is 1. The number of alkyl halides is 2. The van der Waals surface area contributed by atoms with Gasteiger partial charge < -0.3 is 0 Å². The molecule has 0 spiro atoms. The maximum absolute atomic E-state index is 11.5. The molecule has 0 bridgehead atoms. The molecule has 0 aliphatic rings. The number of anilines is 1. The zero-order chi connectivity index (χ0) is 14.7. The number of hydrogen-bond donors (Lipinski definition) is 2. The predicted molar refractivity (Wildman–Crippen MR) is 90.1 cm³/mol. The van der Waals surface area contributed by atoms with Gasteiger partial charge in [-0.2, -0.15) is 0 Å². The number of carbonyl (C=O) groups excluding carboxylic acids is 1. The van der Waals surface area contributed by atoms with Crippen molar-refractivity contribution in [2.45, 2.75) is 6.54 Å². The molecule has 2 aromatic heterocycles. The number of pyridine rings is 1. The number of rotatable bonds is 5. The van der Waals surface area contributed by atoms with Crippen LogP contribution in [-0.4, -0.2) is 25.3 Å². The molecule has 0 aliphatic carbocycles. The summed E-state index contributed by atoms with van der Waals surface area (Å²) in [6, 6.07) is 6.00. The number of amides is 1. The molecule has 0 saturated heterocycles. The van der Waals surface area contributed by atoms with Gasteiger partial charge in [0.15, 0.2) is 0 Å². The SMILES string of the molecule is Cn1cccc1CNc1cc(I(C)C)ncc1C(N)=O. The van der Waals surface area contributed by atoms with Crippen molar-refractivity contribution >= 4 is 31.4 Å². The first-order valence-corrected chi connectivity index (χ1v) is 11.5. The van der Waals surface area contributed by atoms with Crippen LogP contribution in [-0.2, 0) is 13.6 Å². The van der Waals surface area contributed by atoms with Gasteiger partial charge >= 0.3 is 126 Å². The van der Waals surface area contributed by atoms with E-state index in [9.17, 15) is 4.79 Å². The van der Waals surface area contributed by atoms with Gasteiger partial charge in [0.25, 0.3) is 0 Å². The van der Waals surface area contributed by atoms with Gasteiger partial charge in [-0.05, 0) is 0 Å². The van der Waals surface area contributed by atoms with Crippen LogP contribution in [0, 0.1) is 3.70 Å². The minimum absolute atomic E-state index is 0.445. The second-order valence-electron chi connectivity index (χ2n) is 4.64. The van der Waals surface area contributed by atoms with Gasteiger partial charge in [-0.1, -0.05) is 0 Å². The molecule has 0 atom stereocenters. The summed E-state index contributed by atoms with van der Waals surface area (Å²) in [6.07, 6.45) is 3.58. The quantitative estimate of drug-likeness (QED) is 0.470. The zero-order valence-electron chi connectivity index (χ0n) is 11.9. The van der Waals surface area contributed by atoms with Crippen LogP contribution in [0.3, 0.4) is 0 Å². The standard InChI is InChI=1S/C14H19IN4O/c1-15(2)13-7-12(11(9-18-13)14(16)20)17-8-10-5-4-6-19(10)3/h4-7,9H,8H2,1-3H3,(H2,16,20)(H,17,18). The molecule has 3 N–H and O–H groups in total. The molecule has 108 valence electrons. The van der Waals surface area contributed by atoms with Crippen molar-refractivity contribution in [3.63, 3.8) is 0 Å². The van der Waals surface area contributed by atoms with E-state index in [-0.39, 0.29) is 0 Å². The zero-order valence-corrected chi connectivity index (χ0v) is 14.0. The Morgan fingerprint density at radius 1 is 1.50 bits per heavy atom. The second-order valence-corrected chi connectivity index (χ2v) is 10.1. The fourth-order valence-electron chi connectivity index (χ4n) is 1.85. The van der Waals surface area contributed by atoms with E-state index in [4.69, 9.17) is 5.73 Å². The molecule has 6 heteroatoms. The maximum atomic E-state index is 11.5. The molecular weight excluding hydrogens is 367 g/mol. The van der Waals surface area contributed by atoms with Crippen LogP contribution in [0.5, 0.6) is 0 Å². The van der Waals surface area contributed by atoms with Crippen molar-refractivity contribution in [3.8, 4) is 0 Å². The topological polar surface area (TPSA) is 72.9 Å². The summed E-state index contributed by atoms with van der Waals surface area (Å²) in [5.74, 6) is -0.453. The summed E-state index contributed by atoms with van der Waals surface area (Å²) in [4.78, 5) is 20.3. The van der Waals surface area contributed by atoms with Crippen LogP contribution in [0.2, 0.25) is 0 Å². The Labute approximate surface area is 126 Å². The summed E-state index contributed by atoms with van der Waals surface area (Å²) in [5, 5.41) is 3.30. The second kappa shape index (κ2) is 6.25. The molecule has 2 heterocycles. The Balaban J connectivity index is 2.26. The van der Waals surface area contributed by atoms with Crippen LogP contribution < -0.4 is 11.1 Å². The van der Waals surface area contributed by atoms with Gasteiger partial charge in [-0.25, -0.2) is 0 Å². The number of nitrogens with zero attached hydrogens (tertiary/aromatic N) is 2. The molecular formula is C14H19IN4O. The normalized spacial score (nSPS) is 11.2. The molecule has 0 unspecified atom stereocenters. The van der Waals surface area contributed by atoms with Crippen molar-refractivity contribution in [1.82, 2.24) is 9.55 Å². The molecule has 1 amide bonds. The van der Waals surface area contributed by atoms with Crippen molar-refractivity contribution in [2.24, 2.45) is 12.8 Å². The van der Waals surface area contributed by atoms with E-state index in [2.05, 4.69) is 20.2 Å². The summed E-state index contributed by atoms with van der Waals surface area (Å²) in [7, 11) is 1.99. The molecule has 2 rings (SSSR count). The van der Waals surface area contributed by atoms with Gasteiger partial charge in [0.05, 0.1) is 0 Å². The van der Waals surface area contributed by atoms with Crippen LogP contribution in [0.4, 0.5) is 5.69 Å². The third kappa shape index (κ3) is 3.30. The van der Waals surface area contributed by atoms with Gasteiger partial charge in [0, 0.05) is 0 Å². The number of carbonyl (C=O) groups is 1. The van der Waals surface area contributed by atoms with E-state index in [1.165, 1.54) is 0 Å². The van der Waals surface area contributed by atoms with E-state index in [1.807, 2.05) is 36.0 Å². The van der Waals surface area contributed by atoms with Crippen molar-refractivity contribution in [1.29, 1.82) is 0 Å². The average Bonchev–Trinajstić information content (AvgIpc) is 2.81. The van der Waals surface area contributed by atoms with Crippen molar-refractivity contribution in [2.75, 3.05) is 15.2 Å². The average molecular weight is 386 g/mol. The molecule has 0 saturated carbocycles. The first-order valence-electron chi connectivity index (χ1n) is 6.13. The molecule has 0 aliphatic heterocycles. The van der Waals surface area contributed by atoms with Gasteiger partial charge in [0.2, 0.25) is 0 Å². The van der Waals surface area contributed by atoms with E-state index in [1.54, 1.807) is 6.20 Å². The number of hydrogen-bond acceptors (Lipinski definition) is 3. The molecule has 2 aromatic rings. The summed E-state index contributed by atoms with van der Waals surface area (Å²) in [6.45, 7) is 0.648. The Bertz CT molecular complexity index is 621. The summed E-state index contributed by atoms with van der Waals surface area (Å²) >= 11 is -1.18. The third-order valence-electron chi connectivity index (χ3n) is 3.03. The Hall–Kier alpha value is -1.57. The fourth-order valence-corrected chi connectivity index (χ4v) is 3.48. The fraction of sp³-hybridized carbons (Fsp3) is 0.286. The van der Waals surface area contributed by atoms with Crippen LogP contribution in [0.15, 0.2) is 30.6 Å².